The number of imidazole rings is 1. The Morgan fingerprint density at radius 1 is 1.14 bits per heavy atom. The van der Waals surface area contributed by atoms with Gasteiger partial charge in [-0.3, -0.25) is 9.36 Å². The van der Waals surface area contributed by atoms with E-state index >= 15 is 0 Å². The molecule has 0 spiro atoms. The zero-order valence-electron chi connectivity index (χ0n) is 24.2. The molecule has 2 amide bonds. The molecule has 0 radical (unpaired) electrons. The van der Waals surface area contributed by atoms with Gasteiger partial charge in [-0.25, -0.2) is 24.5 Å². The highest BCUT2D eigenvalue weighted by Gasteiger charge is 2.47. The lowest BCUT2D eigenvalue weighted by Gasteiger charge is -2.30. The van der Waals surface area contributed by atoms with Gasteiger partial charge in [-0.2, -0.15) is 0 Å². The Labute approximate surface area is 252 Å². The second-order valence-corrected chi connectivity index (χ2v) is 10.4. The number of carbonyl (C=O) groups excluding carboxylic acids is 3. The lowest BCUT2D eigenvalue weighted by molar-refractivity contribution is -0.137. The van der Waals surface area contributed by atoms with Gasteiger partial charge in [0.1, 0.15) is 23.5 Å². The molecule has 44 heavy (non-hydrogen) atoms. The standard InChI is InChI=1S/C29H33N7O8/c1-3-31-26(39)23-21(37)22(38)27(44-23)36-15-32-20-24(30)33-19(34-25(20)36)6-4-5-16-11-13-35(14-12-16)29(41)43-18-9-7-17(8-10-18)28(40)42-2/h7-10,15-16,21-23,27,37-38H,3,5,11-14H2,1-2H3,(H,31,39)(H2,30,33,34)/t21-,22?,23+,27-/m1/s1. The number of methoxy groups -OCH3 is 1. The number of aliphatic hydroxyl groups excluding tert-OH is 2. The van der Waals surface area contributed by atoms with Crippen molar-refractivity contribution in [1.29, 1.82) is 0 Å². The number of amides is 2. The van der Waals surface area contributed by atoms with E-state index in [0.717, 1.165) is 12.8 Å². The lowest BCUT2D eigenvalue weighted by Crippen LogP contribution is -2.42. The van der Waals surface area contributed by atoms with E-state index in [2.05, 4.69) is 36.8 Å². The quantitative estimate of drug-likeness (QED) is 0.225. The molecule has 5 N–H and O–H groups in total. The third-order valence-corrected chi connectivity index (χ3v) is 7.51. The highest BCUT2D eigenvalue weighted by Crippen LogP contribution is 2.32. The Bertz CT molecular complexity index is 1590. The minimum absolute atomic E-state index is 0.0816. The highest BCUT2D eigenvalue weighted by molar-refractivity contribution is 5.89. The number of nitrogens with one attached hydrogen (secondary N) is 1. The number of rotatable bonds is 6. The normalized spacial score (nSPS) is 21.9. The molecule has 232 valence electrons. The summed E-state index contributed by atoms with van der Waals surface area (Å²) < 4.78 is 17.2. The number of ether oxygens (including phenoxy) is 3. The first-order valence-corrected chi connectivity index (χ1v) is 14.1. The number of benzene rings is 1. The molecule has 2 aliphatic heterocycles. The number of likely N-dealkylation sites (tertiary alicyclic amines) is 1. The third-order valence-electron chi connectivity index (χ3n) is 7.51. The summed E-state index contributed by atoms with van der Waals surface area (Å²) >= 11 is 0. The van der Waals surface area contributed by atoms with Crippen LogP contribution in [-0.2, 0) is 14.3 Å². The Morgan fingerprint density at radius 2 is 1.86 bits per heavy atom. The van der Waals surface area contributed by atoms with Gasteiger partial charge in [-0.1, -0.05) is 5.92 Å². The van der Waals surface area contributed by atoms with Crippen LogP contribution in [0.5, 0.6) is 5.75 Å². The van der Waals surface area contributed by atoms with Crippen LogP contribution in [0.3, 0.4) is 0 Å². The van der Waals surface area contributed by atoms with Crippen molar-refractivity contribution in [2.75, 3.05) is 32.5 Å². The fraction of sp³-hybridized carbons (Fsp3) is 0.448. The maximum Gasteiger partial charge on any atom is 0.415 e. The van der Waals surface area contributed by atoms with E-state index in [1.54, 1.807) is 24.0 Å². The van der Waals surface area contributed by atoms with Gasteiger partial charge < -0.3 is 40.4 Å². The van der Waals surface area contributed by atoms with Crippen LogP contribution in [0, 0.1) is 17.8 Å². The largest absolute Gasteiger partial charge is 0.465 e. The minimum Gasteiger partial charge on any atom is -0.465 e. The average Bonchev–Trinajstić information content (AvgIpc) is 3.58. The number of nitrogens with two attached hydrogens (primary N) is 1. The van der Waals surface area contributed by atoms with Crippen molar-refractivity contribution < 1.29 is 38.8 Å². The topological polar surface area (TPSA) is 204 Å². The van der Waals surface area contributed by atoms with Crippen LogP contribution in [0.25, 0.3) is 11.2 Å². The van der Waals surface area contributed by atoms with Gasteiger partial charge in [-0.15, -0.1) is 0 Å². The number of aromatic nitrogens is 4. The van der Waals surface area contributed by atoms with Crippen LogP contribution in [0.2, 0.25) is 0 Å². The van der Waals surface area contributed by atoms with Gasteiger partial charge in [0.2, 0.25) is 5.82 Å². The minimum atomic E-state index is -1.45. The Hall–Kier alpha value is -4.78. The van der Waals surface area contributed by atoms with Crippen molar-refractivity contribution in [2.24, 2.45) is 5.92 Å². The Kier molecular flexibility index (Phi) is 9.23. The van der Waals surface area contributed by atoms with Gasteiger partial charge in [0.05, 0.1) is 19.0 Å². The Morgan fingerprint density at radius 3 is 2.55 bits per heavy atom. The van der Waals surface area contributed by atoms with Gasteiger partial charge in [-0.05, 0) is 55.9 Å². The average molecular weight is 608 g/mol. The van der Waals surface area contributed by atoms with Gasteiger partial charge in [0.15, 0.2) is 23.8 Å². The second-order valence-electron chi connectivity index (χ2n) is 10.4. The number of piperidine rings is 1. The lowest BCUT2D eigenvalue weighted by atomic mass is 9.94. The van der Waals surface area contributed by atoms with Crippen LogP contribution < -0.4 is 15.8 Å². The van der Waals surface area contributed by atoms with E-state index in [-0.39, 0.29) is 28.7 Å². The summed E-state index contributed by atoms with van der Waals surface area (Å²) in [5, 5.41) is 23.6. The molecule has 15 heteroatoms. The molecule has 4 heterocycles. The summed E-state index contributed by atoms with van der Waals surface area (Å²) in [7, 11) is 1.30. The molecule has 4 atom stereocenters. The van der Waals surface area contributed by atoms with E-state index in [1.807, 2.05) is 0 Å². The predicted octanol–water partition coefficient (Wildman–Crippen LogP) is 0.603. The monoisotopic (exact) mass is 607 g/mol. The Balaban J connectivity index is 1.18. The van der Waals surface area contributed by atoms with Crippen LogP contribution in [0.4, 0.5) is 10.6 Å². The number of nitrogens with zero attached hydrogens (tertiary/aromatic N) is 5. The van der Waals surface area contributed by atoms with E-state index in [0.29, 0.717) is 37.4 Å². The molecule has 3 aromatic rings. The molecule has 1 unspecified atom stereocenters. The SMILES string of the molecule is CCNC(=O)[C@H]1O[C@@H](n2cnc3c(N)nc(C#CCC4CCN(C(=O)Oc5ccc(C(=O)OC)cc5)CC4)nc32)C(O)[C@H]1O. The maximum absolute atomic E-state index is 12.6. The smallest absolute Gasteiger partial charge is 0.415 e. The molecular weight excluding hydrogens is 574 g/mol. The number of hydrogen-bond acceptors (Lipinski definition) is 12. The van der Waals surface area contributed by atoms with Crippen molar-refractivity contribution in [3.05, 3.63) is 42.0 Å². The summed E-state index contributed by atoms with van der Waals surface area (Å²) in [6.45, 7) is 3.09. The van der Waals surface area contributed by atoms with E-state index in [4.69, 9.17) is 15.2 Å². The molecule has 2 saturated heterocycles. The molecule has 2 aromatic heterocycles. The molecular formula is C29H33N7O8. The number of hydrogen-bond donors (Lipinski definition) is 4. The van der Waals surface area contributed by atoms with Crippen molar-refractivity contribution in [2.45, 2.75) is 50.7 Å². The summed E-state index contributed by atoms with van der Waals surface area (Å²) in [5.74, 6) is 5.81. The number of anilines is 1. The van der Waals surface area contributed by atoms with Crippen molar-refractivity contribution >= 4 is 35.0 Å². The summed E-state index contributed by atoms with van der Waals surface area (Å²) in [6.07, 6.45) is -2.37. The van der Waals surface area contributed by atoms with Gasteiger partial charge in [0, 0.05) is 26.1 Å². The van der Waals surface area contributed by atoms with Crippen LogP contribution in [0.1, 0.15) is 48.6 Å². The van der Waals surface area contributed by atoms with Gasteiger partial charge in [0.25, 0.3) is 5.91 Å². The first kappa shape index (κ1) is 30.7. The third kappa shape index (κ3) is 6.42. The molecule has 15 nitrogen and oxygen atoms in total. The molecule has 1 aromatic carbocycles. The van der Waals surface area contributed by atoms with Crippen molar-refractivity contribution in [3.8, 4) is 17.6 Å². The predicted molar refractivity (Wildman–Crippen MR) is 154 cm³/mol. The van der Waals surface area contributed by atoms with Crippen molar-refractivity contribution in [1.82, 2.24) is 29.7 Å². The first-order valence-electron chi connectivity index (χ1n) is 14.1. The zero-order valence-corrected chi connectivity index (χ0v) is 24.2. The van der Waals surface area contributed by atoms with Crippen LogP contribution in [0.15, 0.2) is 30.6 Å². The molecule has 0 aliphatic carbocycles. The molecule has 2 fully saturated rings. The maximum atomic E-state index is 12.6. The summed E-state index contributed by atoms with van der Waals surface area (Å²) in [4.78, 5) is 51.0. The van der Waals surface area contributed by atoms with E-state index in [1.165, 1.54) is 30.1 Å². The zero-order chi connectivity index (χ0) is 31.4. The number of likely N-dealkylation sites (N-methyl/N-ethyl adjacent to an activating group) is 1. The molecule has 2 aliphatic rings. The first-order chi connectivity index (χ1) is 21.2. The fourth-order valence-electron chi connectivity index (χ4n) is 5.10. The number of nitrogen functional groups attached to an aromatic ring is 1. The van der Waals surface area contributed by atoms with Crippen LogP contribution >= 0.6 is 0 Å². The number of aliphatic hydroxyl groups is 2. The molecule has 0 bridgehead atoms. The van der Waals surface area contributed by atoms with E-state index in [9.17, 15) is 24.6 Å². The summed E-state index contributed by atoms with van der Waals surface area (Å²) in [6, 6.07) is 6.14. The summed E-state index contributed by atoms with van der Waals surface area (Å²) in [5.41, 5.74) is 6.97. The van der Waals surface area contributed by atoms with Crippen LogP contribution in [-0.4, -0.2) is 97.7 Å². The van der Waals surface area contributed by atoms with Crippen molar-refractivity contribution in [3.63, 3.8) is 0 Å². The van der Waals surface area contributed by atoms with E-state index < -0.39 is 42.5 Å². The second kappa shape index (κ2) is 13.2. The number of carbonyl (C=O) groups is 3. The molecule has 5 rings (SSSR count). The molecule has 0 saturated carbocycles. The number of esters is 1. The fourth-order valence-corrected chi connectivity index (χ4v) is 5.10. The van der Waals surface area contributed by atoms with Gasteiger partial charge >= 0.3 is 12.1 Å². The highest BCUT2D eigenvalue weighted by atomic mass is 16.6. The number of fused-ring (bicyclic) bond motifs is 1.